The molecule has 0 aromatic heterocycles. The second-order valence-electron chi connectivity index (χ2n) is 6.38. The predicted octanol–water partition coefficient (Wildman–Crippen LogP) is 3.05. The van der Waals surface area contributed by atoms with Gasteiger partial charge in [-0.25, -0.2) is 0 Å². The highest BCUT2D eigenvalue weighted by Gasteiger charge is 2.58. The number of nitrogens with two attached hydrogens (primary N) is 1. The first kappa shape index (κ1) is 15.3. The average molecular weight is 276 g/mol. The number of hydrogen-bond acceptors (Lipinski definition) is 3. The zero-order valence-corrected chi connectivity index (χ0v) is 13.2. The van der Waals surface area contributed by atoms with E-state index in [2.05, 4.69) is 56.9 Å². The van der Waals surface area contributed by atoms with Gasteiger partial charge in [0, 0.05) is 36.3 Å². The minimum Gasteiger partial charge on any atom is -0.378 e. The molecule has 2 rings (SSSR count). The number of hydrogen-bond donors (Lipinski definition) is 1. The Morgan fingerprint density at radius 1 is 1.25 bits per heavy atom. The third kappa shape index (κ3) is 2.57. The van der Waals surface area contributed by atoms with E-state index in [0.29, 0.717) is 0 Å². The third-order valence-electron chi connectivity index (χ3n) is 4.98. The van der Waals surface area contributed by atoms with Gasteiger partial charge in [0.15, 0.2) is 0 Å². The summed E-state index contributed by atoms with van der Waals surface area (Å²) in [7, 11) is 0. The van der Waals surface area contributed by atoms with Crippen molar-refractivity contribution in [2.24, 2.45) is 11.1 Å². The smallest absolute Gasteiger partial charge is 0.0662 e. The van der Waals surface area contributed by atoms with Crippen LogP contribution in [0.3, 0.4) is 0 Å². The van der Waals surface area contributed by atoms with Crippen molar-refractivity contribution in [2.75, 3.05) is 24.6 Å². The number of benzene rings is 1. The van der Waals surface area contributed by atoms with E-state index in [1.54, 1.807) is 0 Å². The van der Waals surface area contributed by atoms with Crippen molar-refractivity contribution in [1.29, 1.82) is 0 Å². The van der Waals surface area contributed by atoms with Crippen LogP contribution in [0.5, 0.6) is 0 Å². The van der Waals surface area contributed by atoms with Crippen molar-refractivity contribution < 1.29 is 4.74 Å². The highest BCUT2D eigenvalue weighted by atomic mass is 16.5. The molecule has 1 saturated carbocycles. The van der Waals surface area contributed by atoms with Crippen molar-refractivity contribution in [1.82, 2.24) is 0 Å². The summed E-state index contributed by atoms with van der Waals surface area (Å²) >= 11 is 0. The van der Waals surface area contributed by atoms with Gasteiger partial charge in [0.1, 0.15) is 0 Å². The van der Waals surface area contributed by atoms with E-state index in [1.165, 1.54) is 5.69 Å². The summed E-state index contributed by atoms with van der Waals surface area (Å²) < 4.78 is 5.81. The lowest BCUT2D eigenvalue weighted by Gasteiger charge is -2.60. The molecule has 0 saturated heterocycles. The maximum absolute atomic E-state index is 6.69. The predicted molar refractivity (Wildman–Crippen MR) is 85.1 cm³/mol. The average Bonchev–Trinajstić information content (AvgIpc) is 2.45. The Labute approximate surface area is 123 Å². The zero-order chi connectivity index (χ0) is 14.8. The molecule has 0 spiro atoms. The molecule has 1 aliphatic rings. The topological polar surface area (TPSA) is 38.5 Å². The number of ether oxygens (including phenoxy) is 1. The maximum atomic E-state index is 6.69. The molecule has 0 aliphatic heterocycles. The summed E-state index contributed by atoms with van der Waals surface area (Å²) in [6, 6.07) is 10.5. The van der Waals surface area contributed by atoms with Crippen LogP contribution in [0.25, 0.3) is 0 Å². The SMILES string of the molecule is CCOC1CC(N)(CN(CC)c2ccccc2)C1(C)C. The molecule has 1 fully saturated rings. The number of anilines is 1. The van der Waals surface area contributed by atoms with Gasteiger partial charge in [0.05, 0.1) is 6.10 Å². The summed E-state index contributed by atoms with van der Waals surface area (Å²) in [5.74, 6) is 0. The first-order valence-corrected chi connectivity index (χ1v) is 7.65. The van der Waals surface area contributed by atoms with Gasteiger partial charge in [-0.05, 0) is 32.4 Å². The van der Waals surface area contributed by atoms with Gasteiger partial charge in [-0.2, -0.15) is 0 Å². The van der Waals surface area contributed by atoms with E-state index in [0.717, 1.165) is 26.1 Å². The highest BCUT2D eigenvalue weighted by Crippen LogP contribution is 2.50. The molecule has 1 aromatic rings. The van der Waals surface area contributed by atoms with Gasteiger partial charge in [-0.15, -0.1) is 0 Å². The van der Waals surface area contributed by atoms with Crippen LogP contribution in [0, 0.1) is 5.41 Å². The monoisotopic (exact) mass is 276 g/mol. The molecule has 2 atom stereocenters. The fraction of sp³-hybridized carbons (Fsp3) is 0.647. The normalized spacial score (nSPS) is 27.9. The Morgan fingerprint density at radius 3 is 2.40 bits per heavy atom. The van der Waals surface area contributed by atoms with E-state index in [1.807, 2.05) is 6.07 Å². The van der Waals surface area contributed by atoms with Gasteiger partial charge in [-0.3, -0.25) is 0 Å². The molecule has 1 aliphatic carbocycles. The Hall–Kier alpha value is -1.06. The molecule has 20 heavy (non-hydrogen) atoms. The van der Waals surface area contributed by atoms with Crippen molar-refractivity contribution >= 4 is 5.69 Å². The van der Waals surface area contributed by atoms with Crippen molar-refractivity contribution in [3.8, 4) is 0 Å². The quantitative estimate of drug-likeness (QED) is 0.868. The fourth-order valence-electron chi connectivity index (χ4n) is 3.14. The number of nitrogens with zero attached hydrogens (tertiary/aromatic N) is 1. The van der Waals surface area contributed by atoms with Crippen LogP contribution in [-0.4, -0.2) is 31.3 Å². The lowest BCUT2D eigenvalue weighted by atomic mass is 9.54. The van der Waals surface area contributed by atoms with E-state index >= 15 is 0 Å². The van der Waals surface area contributed by atoms with Crippen LogP contribution in [0.1, 0.15) is 34.1 Å². The van der Waals surface area contributed by atoms with Gasteiger partial charge in [-0.1, -0.05) is 32.0 Å². The zero-order valence-electron chi connectivity index (χ0n) is 13.2. The summed E-state index contributed by atoms with van der Waals surface area (Å²) in [6.45, 7) is 11.3. The Kier molecular flexibility index (Phi) is 4.40. The van der Waals surface area contributed by atoms with Gasteiger partial charge >= 0.3 is 0 Å². The van der Waals surface area contributed by atoms with Gasteiger partial charge in [0.2, 0.25) is 0 Å². The molecule has 3 heteroatoms. The first-order valence-electron chi connectivity index (χ1n) is 7.65. The van der Waals surface area contributed by atoms with Crippen molar-refractivity contribution in [3.05, 3.63) is 30.3 Å². The molecule has 112 valence electrons. The van der Waals surface area contributed by atoms with Crippen LogP contribution in [0.2, 0.25) is 0 Å². The first-order chi connectivity index (χ1) is 9.44. The third-order valence-corrected chi connectivity index (χ3v) is 4.98. The minimum atomic E-state index is -0.182. The van der Waals surface area contributed by atoms with Gasteiger partial charge < -0.3 is 15.4 Å². The lowest BCUT2D eigenvalue weighted by Crippen LogP contribution is -2.73. The minimum absolute atomic E-state index is 0.0191. The maximum Gasteiger partial charge on any atom is 0.0662 e. The van der Waals surface area contributed by atoms with Crippen LogP contribution < -0.4 is 10.6 Å². The molecule has 0 heterocycles. The standard InChI is InChI=1S/C17H28N2O/c1-5-19(14-10-8-7-9-11-14)13-17(18)12-15(20-6-2)16(17,3)4/h7-11,15H,5-6,12-13,18H2,1-4H3. The van der Waals surface area contributed by atoms with Crippen LogP contribution in [0.15, 0.2) is 30.3 Å². The molecule has 0 amide bonds. The van der Waals surface area contributed by atoms with E-state index in [-0.39, 0.29) is 17.1 Å². The highest BCUT2D eigenvalue weighted by molar-refractivity contribution is 5.47. The summed E-state index contributed by atoms with van der Waals surface area (Å²) in [6.07, 6.45) is 1.23. The van der Waals surface area contributed by atoms with Crippen LogP contribution >= 0.6 is 0 Å². The Bertz CT molecular complexity index is 432. The van der Waals surface area contributed by atoms with Crippen LogP contribution in [0.4, 0.5) is 5.69 Å². The molecule has 2 unspecified atom stereocenters. The van der Waals surface area contributed by atoms with E-state index in [4.69, 9.17) is 10.5 Å². The van der Waals surface area contributed by atoms with E-state index in [9.17, 15) is 0 Å². The Balaban J connectivity index is 2.09. The van der Waals surface area contributed by atoms with Crippen LogP contribution in [-0.2, 0) is 4.74 Å². The summed E-state index contributed by atoms with van der Waals surface area (Å²) in [5, 5.41) is 0. The second kappa shape index (κ2) is 5.74. The molecule has 2 N–H and O–H groups in total. The van der Waals surface area contributed by atoms with Crippen molar-refractivity contribution in [2.45, 2.75) is 45.8 Å². The van der Waals surface area contributed by atoms with Crippen molar-refractivity contribution in [3.63, 3.8) is 0 Å². The molecule has 1 aromatic carbocycles. The fourth-order valence-corrected chi connectivity index (χ4v) is 3.14. The number of para-hydroxylation sites is 1. The molecule has 3 nitrogen and oxygen atoms in total. The second-order valence-corrected chi connectivity index (χ2v) is 6.38. The molecule has 0 radical (unpaired) electrons. The number of rotatable bonds is 6. The summed E-state index contributed by atoms with van der Waals surface area (Å²) in [4.78, 5) is 2.36. The summed E-state index contributed by atoms with van der Waals surface area (Å²) in [5.41, 5.74) is 7.78. The van der Waals surface area contributed by atoms with E-state index < -0.39 is 0 Å². The largest absolute Gasteiger partial charge is 0.378 e. The molecular weight excluding hydrogens is 248 g/mol. The molecule has 0 bridgehead atoms. The lowest BCUT2D eigenvalue weighted by molar-refractivity contribution is -0.146. The Morgan fingerprint density at radius 2 is 1.90 bits per heavy atom. The number of likely N-dealkylation sites (N-methyl/N-ethyl adjacent to an activating group) is 1. The molecular formula is C17H28N2O. The van der Waals surface area contributed by atoms with Gasteiger partial charge in [0.25, 0.3) is 0 Å².